The minimum absolute atomic E-state index is 0.0228. The van der Waals surface area contributed by atoms with Crippen LogP contribution in [-0.2, 0) is 21.9 Å². The summed E-state index contributed by atoms with van der Waals surface area (Å²) in [5.74, 6) is -1.62. The van der Waals surface area contributed by atoms with Crippen molar-refractivity contribution in [1.29, 1.82) is 0 Å². The summed E-state index contributed by atoms with van der Waals surface area (Å²) in [5.41, 5.74) is 0.370. The molecule has 0 aliphatic rings. The van der Waals surface area contributed by atoms with E-state index in [4.69, 9.17) is 4.74 Å². The number of rotatable bonds is 10. The number of aromatic carboxylic acids is 1. The smallest absolute Gasteiger partial charge is 0.356 e. The molecular formula is C21H30N4O6S. The maximum absolute atomic E-state index is 13.1. The third-order valence-corrected chi connectivity index (χ3v) is 6.77. The predicted molar refractivity (Wildman–Crippen MR) is 120 cm³/mol. The first-order valence-electron chi connectivity index (χ1n) is 10.3. The molecule has 0 saturated carbocycles. The molecule has 0 saturated heterocycles. The number of carboxylic acid groups (broad SMARTS) is 1. The molecule has 10 nitrogen and oxygen atoms in total. The highest BCUT2D eigenvalue weighted by molar-refractivity contribution is 7.89. The minimum Gasteiger partial charge on any atom is -0.476 e. The van der Waals surface area contributed by atoms with Crippen LogP contribution in [0.15, 0.2) is 23.1 Å². The molecule has 0 radical (unpaired) electrons. The summed E-state index contributed by atoms with van der Waals surface area (Å²) in [6.07, 6.45) is 1.21. The van der Waals surface area contributed by atoms with Crippen LogP contribution in [0.5, 0.6) is 11.6 Å². The third-order valence-electron chi connectivity index (χ3n) is 5.16. The molecule has 0 spiro atoms. The van der Waals surface area contributed by atoms with Crippen LogP contribution >= 0.6 is 0 Å². The zero-order valence-electron chi connectivity index (χ0n) is 19.1. The molecule has 1 heterocycles. The maximum Gasteiger partial charge on any atom is 0.356 e. The number of hydrogen-bond donors (Lipinski definition) is 3. The molecule has 2 rings (SSSR count). The second-order valence-electron chi connectivity index (χ2n) is 7.70. The van der Waals surface area contributed by atoms with Gasteiger partial charge in [0.2, 0.25) is 21.8 Å². The zero-order chi connectivity index (χ0) is 24.2. The minimum atomic E-state index is -4.01. The Balaban J connectivity index is 2.55. The lowest BCUT2D eigenvalue weighted by Crippen LogP contribution is -2.32. The molecule has 0 aliphatic heterocycles. The van der Waals surface area contributed by atoms with Crippen LogP contribution in [-0.4, -0.2) is 41.2 Å². The topological polar surface area (TPSA) is 140 Å². The van der Waals surface area contributed by atoms with Gasteiger partial charge < -0.3 is 15.2 Å². The molecule has 2 aromatic rings. The number of nitrogens with zero attached hydrogens (tertiary/aromatic N) is 2. The van der Waals surface area contributed by atoms with Crippen molar-refractivity contribution in [3.05, 3.63) is 29.5 Å². The van der Waals surface area contributed by atoms with Crippen LogP contribution in [0, 0.1) is 12.8 Å². The molecule has 1 aromatic heterocycles. The molecule has 0 bridgehead atoms. The Kier molecular flexibility index (Phi) is 8.02. The van der Waals surface area contributed by atoms with E-state index >= 15 is 0 Å². The number of hydrogen-bond acceptors (Lipinski definition) is 6. The standard InChI is InChI=1S/C21H30N4O6S/c1-7-12(3)19(26)22-15-9-10-16(17(11-15)32(29,30)24-13(4)8-2)31-20-14(5)18(21(27)28)23-25(20)6/h9-13,24H,7-8H2,1-6H3,(H,22,26)(H,27,28)/t12-,13+/m0/s1. The average Bonchev–Trinajstić information content (AvgIpc) is 3.02. The van der Waals surface area contributed by atoms with Crippen LogP contribution in [0.25, 0.3) is 0 Å². The summed E-state index contributed by atoms with van der Waals surface area (Å²) in [5, 5.41) is 15.9. The van der Waals surface area contributed by atoms with E-state index < -0.39 is 16.0 Å². The molecule has 2 atom stereocenters. The monoisotopic (exact) mass is 466 g/mol. The molecule has 0 aliphatic carbocycles. The molecule has 32 heavy (non-hydrogen) atoms. The van der Waals surface area contributed by atoms with Crippen molar-refractivity contribution in [2.75, 3.05) is 5.32 Å². The number of ether oxygens (including phenoxy) is 1. The number of nitrogens with one attached hydrogen (secondary N) is 2. The van der Waals surface area contributed by atoms with E-state index in [1.807, 2.05) is 13.8 Å². The Hall–Kier alpha value is -2.92. The number of carbonyl (C=O) groups is 2. The molecule has 176 valence electrons. The van der Waals surface area contributed by atoms with Crippen molar-refractivity contribution in [3.8, 4) is 11.6 Å². The van der Waals surface area contributed by atoms with Crippen LogP contribution in [0.2, 0.25) is 0 Å². The predicted octanol–water partition coefficient (Wildman–Crippen LogP) is 3.28. The van der Waals surface area contributed by atoms with Gasteiger partial charge in [-0.1, -0.05) is 20.8 Å². The van der Waals surface area contributed by atoms with E-state index in [0.717, 1.165) is 0 Å². The van der Waals surface area contributed by atoms with Gasteiger partial charge in [-0.3, -0.25) is 4.79 Å². The van der Waals surface area contributed by atoms with Gasteiger partial charge in [0, 0.05) is 30.3 Å². The number of sulfonamides is 1. The number of aryl methyl sites for hydroxylation is 1. The summed E-state index contributed by atoms with van der Waals surface area (Å²) in [6, 6.07) is 3.94. The van der Waals surface area contributed by atoms with Crippen molar-refractivity contribution >= 4 is 27.6 Å². The number of anilines is 1. The van der Waals surface area contributed by atoms with Gasteiger partial charge in [-0.05, 0) is 44.9 Å². The van der Waals surface area contributed by atoms with Crippen molar-refractivity contribution in [2.24, 2.45) is 13.0 Å². The molecule has 1 aromatic carbocycles. The zero-order valence-corrected chi connectivity index (χ0v) is 19.9. The molecular weight excluding hydrogens is 436 g/mol. The highest BCUT2D eigenvalue weighted by atomic mass is 32.2. The summed E-state index contributed by atoms with van der Waals surface area (Å²) < 4.78 is 35.9. The fraction of sp³-hybridized carbons (Fsp3) is 0.476. The Morgan fingerprint density at radius 2 is 1.88 bits per heavy atom. The second-order valence-corrected chi connectivity index (χ2v) is 9.38. The first-order valence-corrected chi connectivity index (χ1v) is 11.8. The second kappa shape index (κ2) is 10.1. The Morgan fingerprint density at radius 1 is 1.22 bits per heavy atom. The SMILES string of the molecule is CC[C@@H](C)NS(=O)(=O)c1cc(NC(=O)[C@@H](C)CC)ccc1Oc1c(C)c(C(=O)O)nn1C. The first kappa shape index (κ1) is 25.3. The van der Waals surface area contributed by atoms with E-state index in [0.29, 0.717) is 18.5 Å². The Morgan fingerprint density at radius 3 is 2.41 bits per heavy atom. The van der Waals surface area contributed by atoms with Crippen LogP contribution in [0.3, 0.4) is 0 Å². The van der Waals surface area contributed by atoms with Crippen molar-refractivity contribution in [3.63, 3.8) is 0 Å². The molecule has 3 N–H and O–H groups in total. The average molecular weight is 467 g/mol. The number of aromatic nitrogens is 2. The van der Waals surface area contributed by atoms with E-state index in [2.05, 4.69) is 15.1 Å². The Bertz CT molecular complexity index is 1110. The normalized spacial score (nSPS) is 13.4. The molecule has 0 fully saturated rings. The van der Waals surface area contributed by atoms with E-state index in [1.54, 1.807) is 13.8 Å². The van der Waals surface area contributed by atoms with Gasteiger partial charge in [-0.2, -0.15) is 5.10 Å². The number of benzene rings is 1. The quantitative estimate of drug-likeness (QED) is 0.488. The van der Waals surface area contributed by atoms with E-state index in [9.17, 15) is 23.1 Å². The van der Waals surface area contributed by atoms with Crippen LogP contribution < -0.4 is 14.8 Å². The molecule has 0 unspecified atom stereocenters. The maximum atomic E-state index is 13.1. The number of carbonyl (C=O) groups excluding carboxylic acids is 1. The highest BCUT2D eigenvalue weighted by Gasteiger charge is 2.26. The molecule has 1 amide bonds. The van der Waals surface area contributed by atoms with Crippen molar-refractivity contribution in [1.82, 2.24) is 14.5 Å². The van der Waals surface area contributed by atoms with Gasteiger partial charge in [0.1, 0.15) is 10.6 Å². The lowest BCUT2D eigenvalue weighted by atomic mass is 10.1. The number of amides is 1. The molecule has 11 heteroatoms. The van der Waals surface area contributed by atoms with Gasteiger partial charge >= 0.3 is 5.97 Å². The summed E-state index contributed by atoms with van der Waals surface area (Å²) in [4.78, 5) is 23.5. The summed E-state index contributed by atoms with van der Waals surface area (Å²) in [7, 11) is -2.51. The first-order chi connectivity index (χ1) is 14.9. The van der Waals surface area contributed by atoms with E-state index in [1.165, 1.54) is 36.9 Å². The fourth-order valence-electron chi connectivity index (χ4n) is 2.81. The van der Waals surface area contributed by atoms with Crippen molar-refractivity contribution < 1.29 is 27.9 Å². The van der Waals surface area contributed by atoms with Gasteiger partial charge in [0.25, 0.3) is 0 Å². The van der Waals surface area contributed by atoms with Gasteiger partial charge in [0.05, 0.1) is 0 Å². The van der Waals surface area contributed by atoms with Gasteiger partial charge in [-0.25, -0.2) is 22.6 Å². The van der Waals surface area contributed by atoms with E-state index in [-0.39, 0.29) is 45.6 Å². The van der Waals surface area contributed by atoms with Gasteiger partial charge in [-0.15, -0.1) is 0 Å². The third kappa shape index (κ3) is 5.65. The summed E-state index contributed by atoms with van der Waals surface area (Å²) >= 11 is 0. The Labute approximate surface area is 188 Å². The lowest BCUT2D eigenvalue weighted by Gasteiger charge is -2.17. The number of carboxylic acids is 1. The van der Waals surface area contributed by atoms with Crippen molar-refractivity contribution in [2.45, 2.75) is 58.4 Å². The van der Waals surface area contributed by atoms with Crippen LogP contribution in [0.1, 0.15) is 56.6 Å². The van der Waals surface area contributed by atoms with Gasteiger partial charge in [0.15, 0.2) is 5.69 Å². The van der Waals surface area contributed by atoms with Crippen LogP contribution in [0.4, 0.5) is 5.69 Å². The largest absolute Gasteiger partial charge is 0.476 e. The summed E-state index contributed by atoms with van der Waals surface area (Å²) in [6.45, 7) is 8.77. The fourth-order valence-corrected chi connectivity index (χ4v) is 4.29. The lowest BCUT2D eigenvalue weighted by molar-refractivity contribution is -0.119. The highest BCUT2D eigenvalue weighted by Crippen LogP contribution is 2.34.